The van der Waals surface area contributed by atoms with Crippen molar-refractivity contribution in [1.29, 1.82) is 0 Å². The predicted molar refractivity (Wildman–Crippen MR) is 110 cm³/mol. The zero-order valence-electron chi connectivity index (χ0n) is 15.7. The van der Waals surface area contributed by atoms with E-state index in [2.05, 4.69) is 22.0 Å². The van der Waals surface area contributed by atoms with E-state index in [1.54, 1.807) is 19.2 Å². The number of fused-ring (bicyclic) bond motifs is 1. The zero-order valence-corrected chi connectivity index (χ0v) is 15.7. The van der Waals surface area contributed by atoms with Crippen molar-refractivity contribution < 1.29 is 14.3 Å². The molecular weight excluding hydrogens is 354 g/mol. The third kappa shape index (κ3) is 5.23. The Morgan fingerprint density at radius 1 is 0.893 bits per heavy atom. The quantitative estimate of drug-likeness (QED) is 0.554. The summed E-state index contributed by atoms with van der Waals surface area (Å²) in [7, 11) is 1.59. The number of hydrogen-bond acceptors (Lipinski definition) is 3. The molecule has 3 aromatic carbocycles. The van der Waals surface area contributed by atoms with E-state index in [1.165, 1.54) is 0 Å². The number of nitrogens with one attached hydrogen (secondary N) is 3. The van der Waals surface area contributed by atoms with E-state index in [4.69, 9.17) is 4.74 Å². The van der Waals surface area contributed by atoms with Gasteiger partial charge in [0.1, 0.15) is 12.4 Å². The fourth-order valence-corrected chi connectivity index (χ4v) is 2.75. The van der Waals surface area contributed by atoms with Crippen LogP contribution in [0, 0.1) is 0 Å². The van der Waals surface area contributed by atoms with E-state index in [1.807, 2.05) is 48.5 Å². The second-order valence-corrected chi connectivity index (χ2v) is 6.24. The summed E-state index contributed by atoms with van der Waals surface area (Å²) in [6.07, 6.45) is 0. The third-order valence-electron chi connectivity index (χ3n) is 4.27. The lowest BCUT2D eigenvalue weighted by molar-refractivity contribution is 0.0963. The molecular formula is C22H23N3O3. The summed E-state index contributed by atoms with van der Waals surface area (Å²) >= 11 is 0. The third-order valence-corrected chi connectivity index (χ3v) is 4.27. The summed E-state index contributed by atoms with van der Waals surface area (Å²) in [5.74, 6) is 0.640. The molecule has 3 aromatic rings. The van der Waals surface area contributed by atoms with Crippen LogP contribution in [0.15, 0.2) is 66.7 Å². The van der Waals surface area contributed by atoms with Crippen LogP contribution in [0.1, 0.15) is 15.9 Å². The second kappa shape index (κ2) is 9.41. The van der Waals surface area contributed by atoms with Crippen LogP contribution >= 0.6 is 0 Å². The van der Waals surface area contributed by atoms with Crippen LogP contribution in [0.3, 0.4) is 0 Å². The van der Waals surface area contributed by atoms with Gasteiger partial charge in [0.2, 0.25) is 0 Å². The summed E-state index contributed by atoms with van der Waals surface area (Å²) < 4.78 is 5.69. The maximum absolute atomic E-state index is 11.9. The molecule has 144 valence electrons. The molecule has 0 saturated heterocycles. The Kier molecular flexibility index (Phi) is 6.46. The molecule has 3 N–H and O–H groups in total. The SMILES string of the molecule is CNC(=O)c1ccc(CNC(=O)NCCOc2ccc3ccccc3c2)cc1. The first kappa shape index (κ1) is 19.2. The highest BCUT2D eigenvalue weighted by Crippen LogP contribution is 2.20. The molecule has 0 atom stereocenters. The first-order valence-electron chi connectivity index (χ1n) is 9.10. The highest BCUT2D eigenvalue weighted by molar-refractivity contribution is 5.93. The molecule has 0 unspecified atom stereocenters. The van der Waals surface area contributed by atoms with Crippen LogP contribution < -0.4 is 20.7 Å². The van der Waals surface area contributed by atoms with Gasteiger partial charge in [-0.15, -0.1) is 0 Å². The van der Waals surface area contributed by atoms with Gasteiger partial charge in [-0.25, -0.2) is 4.79 Å². The van der Waals surface area contributed by atoms with E-state index in [0.29, 0.717) is 25.3 Å². The minimum Gasteiger partial charge on any atom is -0.492 e. The summed E-state index contributed by atoms with van der Waals surface area (Å²) in [6, 6.07) is 20.8. The lowest BCUT2D eigenvalue weighted by Gasteiger charge is -2.10. The Labute approximate surface area is 163 Å². The van der Waals surface area contributed by atoms with Crippen LogP contribution in [0.25, 0.3) is 10.8 Å². The molecule has 0 fully saturated rings. The Hall–Kier alpha value is -3.54. The van der Waals surface area contributed by atoms with E-state index in [-0.39, 0.29) is 11.9 Å². The number of benzene rings is 3. The number of carbonyl (C=O) groups excluding carboxylic acids is 2. The summed E-state index contributed by atoms with van der Waals surface area (Å²) in [6.45, 7) is 1.16. The normalized spacial score (nSPS) is 10.3. The highest BCUT2D eigenvalue weighted by Gasteiger charge is 2.04. The van der Waals surface area contributed by atoms with E-state index in [0.717, 1.165) is 22.1 Å². The topological polar surface area (TPSA) is 79.5 Å². The lowest BCUT2D eigenvalue weighted by Crippen LogP contribution is -2.37. The molecule has 0 aliphatic heterocycles. The molecule has 28 heavy (non-hydrogen) atoms. The number of ether oxygens (including phenoxy) is 1. The van der Waals surface area contributed by atoms with Gasteiger partial charge < -0.3 is 20.7 Å². The minimum absolute atomic E-state index is 0.135. The summed E-state index contributed by atoms with van der Waals surface area (Å²) in [4.78, 5) is 23.4. The Morgan fingerprint density at radius 2 is 1.64 bits per heavy atom. The molecule has 3 rings (SSSR count). The molecule has 3 amide bonds. The molecule has 0 aromatic heterocycles. The number of urea groups is 1. The average Bonchev–Trinajstić information content (AvgIpc) is 2.75. The van der Waals surface area contributed by atoms with Gasteiger partial charge in [0.15, 0.2) is 0 Å². The van der Waals surface area contributed by atoms with Crippen molar-refractivity contribution in [3.63, 3.8) is 0 Å². The number of carbonyl (C=O) groups is 2. The summed E-state index contributed by atoms with van der Waals surface area (Å²) in [5.41, 5.74) is 1.50. The number of hydrogen-bond donors (Lipinski definition) is 3. The monoisotopic (exact) mass is 377 g/mol. The minimum atomic E-state index is -0.266. The molecule has 6 nitrogen and oxygen atoms in total. The van der Waals surface area contributed by atoms with Gasteiger partial charge in [-0.3, -0.25) is 4.79 Å². The van der Waals surface area contributed by atoms with Gasteiger partial charge in [0.25, 0.3) is 5.91 Å². The Morgan fingerprint density at radius 3 is 2.39 bits per heavy atom. The molecule has 0 heterocycles. The number of amides is 3. The van der Waals surface area contributed by atoms with Gasteiger partial charge in [0, 0.05) is 19.2 Å². The molecule has 0 saturated carbocycles. The highest BCUT2D eigenvalue weighted by atomic mass is 16.5. The van der Waals surface area contributed by atoms with Crippen LogP contribution in [-0.4, -0.2) is 32.1 Å². The standard InChI is InChI=1S/C22H23N3O3/c1-23-21(26)18-8-6-16(7-9-18)15-25-22(27)24-12-13-28-20-11-10-17-4-2-3-5-19(17)14-20/h2-11,14H,12-13,15H2,1H3,(H,23,26)(H2,24,25,27). The molecule has 0 spiro atoms. The van der Waals surface area contributed by atoms with Crippen molar-refractivity contribution in [2.75, 3.05) is 20.2 Å². The molecule has 0 aliphatic rings. The van der Waals surface area contributed by atoms with Gasteiger partial charge >= 0.3 is 6.03 Å². The fourth-order valence-electron chi connectivity index (χ4n) is 2.75. The van der Waals surface area contributed by atoms with Crippen molar-refractivity contribution in [2.45, 2.75) is 6.54 Å². The predicted octanol–water partition coefficient (Wildman–Crippen LogP) is 3.08. The van der Waals surface area contributed by atoms with Crippen LogP contribution in [0.4, 0.5) is 4.79 Å². The first-order valence-corrected chi connectivity index (χ1v) is 9.10. The fraction of sp³-hybridized carbons (Fsp3) is 0.182. The van der Waals surface area contributed by atoms with E-state index < -0.39 is 0 Å². The summed E-state index contributed by atoms with van der Waals surface area (Å²) in [5, 5.41) is 10.4. The molecule has 6 heteroatoms. The molecule has 0 radical (unpaired) electrons. The van der Waals surface area contributed by atoms with Gasteiger partial charge in [0.05, 0.1) is 6.54 Å². The van der Waals surface area contributed by atoms with Crippen molar-refractivity contribution >= 4 is 22.7 Å². The Balaban J connectivity index is 1.37. The van der Waals surface area contributed by atoms with Crippen LogP contribution in [0.5, 0.6) is 5.75 Å². The molecule has 0 aliphatic carbocycles. The maximum atomic E-state index is 11.9. The lowest BCUT2D eigenvalue weighted by atomic mass is 10.1. The number of rotatable bonds is 7. The van der Waals surface area contributed by atoms with E-state index >= 15 is 0 Å². The smallest absolute Gasteiger partial charge is 0.315 e. The van der Waals surface area contributed by atoms with Crippen molar-refractivity contribution in [3.8, 4) is 5.75 Å². The Bertz CT molecular complexity index is 955. The second-order valence-electron chi connectivity index (χ2n) is 6.24. The van der Waals surface area contributed by atoms with Gasteiger partial charge in [-0.05, 0) is 40.6 Å². The van der Waals surface area contributed by atoms with E-state index in [9.17, 15) is 9.59 Å². The van der Waals surface area contributed by atoms with Gasteiger partial charge in [-0.1, -0.05) is 42.5 Å². The van der Waals surface area contributed by atoms with Crippen molar-refractivity contribution in [1.82, 2.24) is 16.0 Å². The van der Waals surface area contributed by atoms with Crippen molar-refractivity contribution in [2.24, 2.45) is 0 Å². The largest absolute Gasteiger partial charge is 0.492 e. The molecule has 0 bridgehead atoms. The van der Waals surface area contributed by atoms with Crippen LogP contribution in [-0.2, 0) is 6.54 Å². The zero-order chi connectivity index (χ0) is 19.8. The maximum Gasteiger partial charge on any atom is 0.315 e. The average molecular weight is 377 g/mol. The van der Waals surface area contributed by atoms with Gasteiger partial charge in [-0.2, -0.15) is 0 Å². The van der Waals surface area contributed by atoms with Crippen LogP contribution in [0.2, 0.25) is 0 Å². The first-order chi connectivity index (χ1) is 13.7. The van der Waals surface area contributed by atoms with Crippen molar-refractivity contribution in [3.05, 3.63) is 77.9 Å².